The third-order valence-electron chi connectivity index (χ3n) is 6.99. The number of hydrogen-bond donors (Lipinski definition) is 0. The van der Waals surface area contributed by atoms with Gasteiger partial charge in [-0.25, -0.2) is 14.5 Å². The van der Waals surface area contributed by atoms with Gasteiger partial charge >= 0.3 is 0 Å². The molecule has 0 bridgehead atoms. The molecule has 1 aromatic carbocycles. The minimum absolute atomic E-state index is 0.181. The number of nitrogens with zero attached hydrogens (tertiary/aromatic N) is 7. The Balaban J connectivity index is 1.81. The average Bonchev–Trinajstić information content (AvgIpc) is 3.54. The summed E-state index contributed by atoms with van der Waals surface area (Å²) in [5, 5.41) is 9.25. The maximum absolute atomic E-state index is 5.96. The fourth-order valence-electron chi connectivity index (χ4n) is 5.15. The lowest BCUT2D eigenvalue weighted by atomic mass is 9.99. The molecule has 10 heteroatoms. The number of hydrogen-bond acceptors (Lipinski definition) is 9. The smallest absolute Gasteiger partial charge is 0.246 e. The summed E-state index contributed by atoms with van der Waals surface area (Å²) in [6.07, 6.45) is 2.46. The van der Waals surface area contributed by atoms with Crippen molar-refractivity contribution in [3.05, 3.63) is 77.0 Å². The van der Waals surface area contributed by atoms with Gasteiger partial charge < -0.3 is 18.9 Å². The lowest BCUT2D eigenvalue weighted by Crippen LogP contribution is -2.25. The number of rotatable bonds is 11. The predicted molar refractivity (Wildman–Crippen MR) is 158 cm³/mol. The lowest BCUT2D eigenvalue weighted by Gasteiger charge is -2.28. The van der Waals surface area contributed by atoms with Crippen molar-refractivity contribution < 1.29 is 14.0 Å². The molecule has 0 fully saturated rings. The average molecular weight is 556 g/mol. The van der Waals surface area contributed by atoms with Gasteiger partial charge in [0.15, 0.2) is 5.82 Å². The molecule has 0 N–H and O–H groups in total. The van der Waals surface area contributed by atoms with Gasteiger partial charge in [-0.05, 0) is 62.9 Å². The predicted octanol–water partition coefficient (Wildman–Crippen LogP) is 6.09. The van der Waals surface area contributed by atoms with Crippen LogP contribution in [0.5, 0.6) is 11.6 Å². The van der Waals surface area contributed by atoms with Crippen LogP contribution in [0.1, 0.15) is 68.0 Å². The summed E-state index contributed by atoms with van der Waals surface area (Å²) in [7, 11) is 1.67. The van der Waals surface area contributed by atoms with E-state index in [0.717, 1.165) is 57.3 Å². The first-order valence-electron chi connectivity index (χ1n) is 14.0. The number of fused-ring (bicyclic) bond motifs is 1. The number of aromatic nitrogens is 6. The molecule has 0 saturated carbocycles. The number of benzene rings is 1. The van der Waals surface area contributed by atoms with Gasteiger partial charge in [0.05, 0.1) is 37.2 Å². The first-order valence-corrected chi connectivity index (χ1v) is 14.0. The van der Waals surface area contributed by atoms with Gasteiger partial charge in [0.1, 0.15) is 22.8 Å². The highest BCUT2D eigenvalue weighted by Crippen LogP contribution is 2.40. The van der Waals surface area contributed by atoms with Crippen LogP contribution in [0.25, 0.3) is 16.8 Å². The van der Waals surface area contributed by atoms with Crippen LogP contribution in [-0.2, 0) is 19.5 Å². The summed E-state index contributed by atoms with van der Waals surface area (Å²) < 4.78 is 19.0. The Labute approximate surface area is 240 Å². The third-order valence-corrected chi connectivity index (χ3v) is 6.99. The lowest BCUT2D eigenvalue weighted by molar-refractivity contribution is 0.328. The molecule has 0 radical (unpaired) electrons. The summed E-state index contributed by atoms with van der Waals surface area (Å²) >= 11 is 0. The maximum Gasteiger partial charge on any atom is 0.246 e. The van der Waals surface area contributed by atoms with Crippen molar-refractivity contribution in [1.82, 2.24) is 29.7 Å². The van der Waals surface area contributed by atoms with Crippen LogP contribution in [-0.4, -0.2) is 43.4 Å². The van der Waals surface area contributed by atoms with Gasteiger partial charge in [-0.15, -0.1) is 0 Å². The highest BCUT2D eigenvalue weighted by molar-refractivity contribution is 5.85. The van der Waals surface area contributed by atoms with Gasteiger partial charge in [0.2, 0.25) is 11.8 Å². The summed E-state index contributed by atoms with van der Waals surface area (Å²) in [6.45, 7) is 13.8. The second-order valence-electron chi connectivity index (χ2n) is 10.2. The van der Waals surface area contributed by atoms with Crippen molar-refractivity contribution >= 4 is 11.2 Å². The molecule has 5 aromatic rings. The number of aryl methyl sites for hydroxylation is 2. The zero-order valence-electron chi connectivity index (χ0n) is 24.8. The van der Waals surface area contributed by atoms with Crippen LogP contribution in [0.4, 0.5) is 5.69 Å². The summed E-state index contributed by atoms with van der Waals surface area (Å²) in [6, 6.07) is 12.0. The maximum atomic E-state index is 5.96. The minimum atomic E-state index is 0.181. The molecule has 10 nitrogen and oxygen atoms in total. The Morgan fingerprint density at radius 2 is 1.80 bits per heavy atom. The molecule has 0 unspecified atom stereocenters. The first kappa shape index (κ1) is 28.1. The highest BCUT2D eigenvalue weighted by atomic mass is 16.5. The summed E-state index contributed by atoms with van der Waals surface area (Å²) in [4.78, 5) is 16.4. The van der Waals surface area contributed by atoms with Crippen molar-refractivity contribution in [2.45, 2.75) is 67.0 Å². The molecule has 41 heavy (non-hydrogen) atoms. The molecule has 0 atom stereocenters. The van der Waals surface area contributed by atoms with Crippen molar-refractivity contribution in [2.24, 2.45) is 0 Å². The van der Waals surface area contributed by atoms with Crippen molar-refractivity contribution in [3.8, 4) is 22.9 Å². The minimum Gasteiger partial charge on any atom is -0.497 e. The molecule has 4 heterocycles. The molecule has 4 aromatic heterocycles. The quantitative estimate of drug-likeness (QED) is 0.191. The largest absolute Gasteiger partial charge is 0.497 e. The second kappa shape index (κ2) is 12.0. The van der Waals surface area contributed by atoms with Gasteiger partial charge in [-0.2, -0.15) is 10.1 Å². The van der Waals surface area contributed by atoms with E-state index >= 15 is 0 Å². The molecule has 214 valence electrons. The molecule has 0 spiro atoms. The Morgan fingerprint density at radius 3 is 2.44 bits per heavy atom. The SMILES string of the molecule is CCOc1ncccc1-c1nn2c(C)nc(C(C)C)c2c(N(Cc2ccc(OC)cc2)Cc2nc(C)no2)c1CC. The van der Waals surface area contributed by atoms with E-state index in [2.05, 4.69) is 52.9 Å². The van der Waals surface area contributed by atoms with Crippen LogP contribution in [0.3, 0.4) is 0 Å². The van der Waals surface area contributed by atoms with Gasteiger partial charge in [-0.3, -0.25) is 0 Å². The zero-order valence-corrected chi connectivity index (χ0v) is 24.8. The Kier molecular flexibility index (Phi) is 8.19. The standard InChI is InChI=1S/C31H37N7O3/c1-8-24-28(25-11-10-16-32-31(25)40-9-2)35-38-21(6)34-27(19(3)4)30(38)29(24)37(18-26-33-20(5)36-41-26)17-22-12-14-23(39-7)15-13-22/h10-16,19H,8-9,17-18H2,1-7H3. The van der Waals surface area contributed by atoms with Crippen molar-refractivity contribution in [3.63, 3.8) is 0 Å². The van der Waals surface area contributed by atoms with Gasteiger partial charge in [0.25, 0.3) is 0 Å². The van der Waals surface area contributed by atoms with E-state index in [4.69, 9.17) is 24.1 Å². The molecule has 0 saturated heterocycles. The second-order valence-corrected chi connectivity index (χ2v) is 10.2. The number of methoxy groups -OCH3 is 1. The Hall–Kier alpha value is -4.47. The molecule has 0 aliphatic carbocycles. The molecule has 5 rings (SSSR count). The summed E-state index contributed by atoms with van der Waals surface area (Å²) in [5.74, 6) is 3.49. The Morgan fingerprint density at radius 1 is 1.02 bits per heavy atom. The van der Waals surface area contributed by atoms with Crippen LogP contribution in [0, 0.1) is 13.8 Å². The van der Waals surface area contributed by atoms with E-state index in [1.54, 1.807) is 13.3 Å². The number of pyridine rings is 1. The third kappa shape index (κ3) is 5.59. The molecular weight excluding hydrogens is 518 g/mol. The van der Waals surface area contributed by atoms with Crippen molar-refractivity contribution in [2.75, 3.05) is 18.6 Å². The fraction of sp³-hybridized carbons (Fsp3) is 0.387. The van der Waals surface area contributed by atoms with E-state index in [0.29, 0.717) is 37.3 Å². The molecule has 0 aliphatic heterocycles. The zero-order chi connectivity index (χ0) is 29.1. The summed E-state index contributed by atoms with van der Waals surface area (Å²) in [5.41, 5.74) is 6.82. The van der Waals surface area contributed by atoms with Crippen LogP contribution in [0.15, 0.2) is 47.1 Å². The molecule has 0 amide bonds. The highest BCUT2D eigenvalue weighted by Gasteiger charge is 2.28. The Bertz CT molecular complexity index is 1640. The van der Waals surface area contributed by atoms with Crippen molar-refractivity contribution in [1.29, 1.82) is 0 Å². The van der Waals surface area contributed by atoms with E-state index in [-0.39, 0.29) is 5.92 Å². The molecule has 0 aliphatic rings. The number of ether oxygens (including phenoxy) is 2. The molecular formula is C31H37N7O3. The van der Waals surface area contributed by atoms with E-state index < -0.39 is 0 Å². The van der Waals surface area contributed by atoms with Crippen LogP contribution in [0.2, 0.25) is 0 Å². The fourth-order valence-corrected chi connectivity index (χ4v) is 5.15. The number of anilines is 1. The topological polar surface area (TPSA) is 104 Å². The van der Waals surface area contributed by atoms with Gasteiger partial charge in [-0.1, -0.05) is 38.1 Å². The monoisotopic (exact) mass is 555 g/mol. The van der Waals surface area contributed by atoms with Gasteiger partial charge in [0, 0.05) is 18.3 Å². The van der Waals surface area contributed by atoms with Crippen LogP contribution < -0.4 is 14.4 Å². The number of imidazole rings is 1. The van der Waals surface area contributed by atoms with E-state index in [1.807, 2.05) is 49.6 Å². The van der Waals surface area contributed by atoms with Crippen LogP contribution >= 0.6 is 0 Å². The normalized spacial score (nSPS) is 11.4. The first-order chi connectivity index (χ1) is 19.8. The van der Waals surface area contributed by atoms with E-state index in [1.165, 1.54) is 0 Å². The van der Waals surface area contributed by atoms with E-state index in [9.17, 15) is 0 Å².